The second kappa shape index (κ2) is 7.88. The van der Waals surface area contributed by atoms with Crippen LogP contribution in [0, 0.1) is 0 Å². The van der Waals surface area contributed by atoms with Gasteiger partial charge in [0.05, 0.1) is 0 Å². The summed E-state index contributed by atoms with van der Waals surface area (Å²) in [5.74, 6) is -0.0780. The zero-order valence-corrected chi connectivity index (χ0v) is 12.3. The lowest BCUT2D eigenvalue weighted by molar-refractivity contribution is 0.0948. The molecule has 110 valence electrons. The number of rotatable bonds is 6. The Balaban J connectivity index is 1.91. The van der Waals surface area contributed by atoms with Crippen molar-refractivity contribution in [1.82, 2.24) is 10.3 Å². The Morgan fingerprint density at radius 2 is 2.15 bits per heavy atom. The van der Waals surface area contributed by atoms with Crippen LogP contribution in [0.4, 0.5) is 5.69 Å². The number of carbonyl (C=O) groups is 1. The maximum Gasteiger partial charge on any atom is 0.269 e. The lowest BCUT2D eigenvalue weighted by Gasteiger charge is -2.23. The molecule has 4 nitrogen and oxygen atoms in total. The second-order valence-corrected chi connectivity index (χ2v) is 5.52. The molecule has 0 bridgehead atoms. The fourth-order valence-electron chi connectivity index (χ4n) is 2.60. The maximum atomic E-state index is 12.0. The van der Waals surface area contributed by atoms with Crippen molar-refractivity contribution in [2.24, 2.45) is 0 Å². The first kappa shape index (κ1) is 14.8. The summed E-state index contributed by atoms with van der Waals surface area (Å²) >= 11 is 0. The molecule has 2 N–H and O–H groups in total. The van der Waals surface area contributed by atoms with Crippen LogP contribution < -0.4 is 10.6 Å². The van der Waals surface area contributed by atoms with E-state index in [1.54, 1.807) is 6.20 Å². The first-order valence-electron chi connectivity index (χ1n) is 7.80. The fourth-order valence-corrected chi connectivity index (χ4v) is 2.60. The van der Waals surface area contributed by atoms with Crippen molar-refractivity contribution in [2.45, 2.75) is 57.9 Å². The molecule has 0 aliphatic heterocycles. The summed E-state index contributed by atoms with van der Waals surface area (Å²) in [5, 5.41) is 6.42. The van der Waals surface area contributed by atoms with Crippen LogP contribution in [0.2, 0.25) is 0 Å². The normalized spacial score (nSPS) is 15.8. The number of aromatic nitrogens is 1. The van der Waals surface area contributed by atoms with Crippen LogP contribution in [0.25, 0.3) is 0 Å². The molecule has 1 aliphatic rings. The molecule has 4 heteroatoms. The van der Waals surface area contributed by atoms with E-state index in [1.165, 1.54) is 32.1 Å². The number of nitrogens with zero attached hydrogens (tertiary/aromatic N) is 1. The molecule has 0 atom stereocenters. The highest BCUT2D eigenvalue weighted by Gasteiger charge is 2.14. The van der Waals surface area contributed by atoms with Crippen LogP contribution in [0.3, 0.4) is 0 Å². The topological polar surface area (TPSA) is 54.0 Å². The number of nitrogens with one attached hydrogen (secondary N) is 2. The molecule has 1 aromatic rings. The number of unbranched alkanes of at least 4 members (excludes halogenated alkanes) is 1. The Kier molecular flexibility index (Phi) is 5.84. The van der Waals surface area contributed by atoms with Gasteiger partial charge in [0.1, 0.15) is 5.69 Å². The Bertz CT molecular complexity index is 427. The van der Waals surface area contributed by atoms with E-state index in [9.17, 15) is 4.79 Å². The summed E-state index contributed by atoms with van der Waals surface area (Å²) in [4.78, 5) is 16.1. The van der Waals surface area contributed by atoms with Crippen molar-refractivity contribution in [3.63, 3.8) is 0 Å². The molecule has 0 unspecified atom stereocenters. The van der Waals surface area contributed by atoms with Crippen molar-refractivity contribution in [3.8, 4) is 0 Å². The van der Waals surface area contributed by atoms with E-state index in [2.05, 4.69) is 22.5 Å². The van der Waals surface area contributed by atoms with Crippen LogP contribution in [0.1, 0.15) is 62.4 Å². The molecule has 20 heavy (non-hydrogen) atoms. The fraction of sp³-hybridized carbons (Fsp3) is 0.625. The molecule has 1 fully saturated rings. The number of anilines is 1. The Morgan fingerprint density at radius 1 is 1.35 bits per heavy atom. The third-order valence-electron chi connectivity index (χ3n) is 3.78. The predicted molar refractivity (Wildman–Crippen MR) is 82.0 cm³/mol. The largest absolute Gasteiger partial charge is 0.382 e. The highest BCUT2D eigenvalue weighted by atomic mass is 16.1. The number of amides is 1. The molecular weight excluding hydrogens is 250 g/mol. The van der Waals surface area contributed by atoms with E-state index in [0.29, 0.717) is 11.7 Å². The summed E-state index contributed by atoms with van der Waals surface area (Å²) in [6.45, 7) is 2.83. The molecule has 0 radical (unpaired) electrons. The molecule has 1 heterocycles. The van der Waals surface area contributed by atoms with E-state index in [-0.39, 0.29) is 5.91 Å². The van der Waals surface area contributed by atoms with Gasteiger partial charge in [-0.05, 0) is 31.4 Å². The average molecular weight is 275 g/mol. The standard InChI is InChI=1S/C16H25N3O/c1-2-3-10-18-16(20)15-12-14(9-11-17-15)19-13-7-5-4-6-8-13/h9,11-13H,2-8,10H2,1H3,(H,17,19)(H,18,20). The van der Waals surface area contributed by atoms with Gasteiger partial charge in [-0.15, -0.1) is 0 Å². The van der Waals surface area contributed by atoms with Gasteiger partial charge in [-0.25, -0.2) is 0 Å². The van der Waals surface area contributed by atoms with E-state index < -0.39 is 0 Å². The Hall–Kier alpha value is -1.58. The van der Waals surface area contributed by atoms with E-state index in [1.807, 2.05) is 12.1 Å². The molecule has 1 saturated carbocycles. The van der Waals surface area contributed by atoms with Gasteiger partial charge in [-0.1, -0.05) is 32.6 Å². The molecule has 0 saturated heterocycles. The van der Waals surface area contributed by atoms with Crippen LogP contribution >= 0.6 is 0 Å². The third-order valence-corrected chi connectivity index (χ3v) is 3.78. The monoisotopic (exact) mass is 275 g/mol. The van der Waals surface area contributed by atoms with Crippen molar-refractivity contribution >= 4 is 11.6 Å². The smallest absolute Gasteiger partial charge is 0.269 e. The summed E-state index contributed by atoms with van der Waals surface area (Å²) in [6, 6.07) is 4.34. The lowest BCUT2D eigenvalue weighted by Crippen LogP contribution is -2.26. The van der Waals surface area contributed by atoms with E-state index in [4.69, 9.17) is 0 Å². The van der Waals surface area contributed by atoms with Crippen LogP contribution in [0.5, 0.6) is 0 Å². The van der Waals surface area contributed by atoms with Gasteiger partial charge >= 0.3 is 0 Å². The molecular formula is C16H25N3O. The molecule has 0 aromatic carbocycles. The summed E-state index contributed by atoms with van der Waals surface area (Å²) in [5.41, 5.74) is 1.51. The van der Waals surface area contributed by atoms with Gasteiger partial charge in [-0.2, -0.15) is 0 Å². The summed E-state index contributed by atoms with van der Waals surface area (Å²) in [7, 11) is 0. The summed E-state index contributed by atoms with van der Waals surface area (Å²) < 4.78 is 0. The van der Waals surface area contributed by atoms with Crippen molar-refractivity contribution in [1.29, 1.82) is 0 Å². The lowest BCUT2D eigenvalue weighted by atomic mass is 9.95. The van der Waals surface area contributed by atoms with E-state index in [0.717, 1.165) is 25.1 Å². The Morgan fingerprint density at radius 3 is 2.90 bits per heavy atom. The van der Waals surface area contributed by atoms with Crippen molar-refractivity contribution in [3.05, 3.63) is 24.0 Å². The van der Waals surface area contributed by atoms with Gasteiger partial charge < -0.3 is 10.6 Å². The van der Waals surface area contributed by atoms with Crippen LogP contribution in [-0.2, 0) is 0 Å². The molecule has 2 rings (SSSR count). The minimum atomic E-state index is -0.0780. The van der Waals surface area contributed by atoms with Crippen LogP contribution in [-0.4, -0.2) is 23.5 Å². The molecule has 1 aromatic heterocycles. The van der Waals surface area contributed by atoms with E-state index >= 15 is 0 Å². The van der Waals surface area contributed by atoms with Gasteiger partial charge in [-0.3, -0.25) is 9.78 Å². The highest BCUT2D eigenvalue weighted by Crippen LogP contribution is 2.21. The quantitative estimate of drug-likeness (QED) is 0.783. The highest BCUT2D eigenvalue weighted by molar-refractivity contribution is 5.93. The third kappa shape index (κ3) is 4.51. The molecule has 1 aliphatic carbocycles. The maximum absolute atomic E-state index is 12.0. The molecule has 1 amide bonds. The zero-order valence-electron chi connectivity index (χ0n) is 12.3. The van der Waals surface area contributed by atoms with Crippen molar-refractivity contribution < 1.29 is 4.79 Å². The number of pyridine rings is 1. The number of carbonyl (C=O) groups excluding carboxylic acids is 1. The zero-order chi connectivity index (χ0) is 14.2. The second-order valence-electron chi connectivity index (χ2n) is 5.52. The van der Waals surface area contributed by atoms with Gasteiger partial charge in [0.2, 0.25) is 0 Å². The average Bonchev–Trinajstić information content (AvgIpc) is 2.49. The number of hydrogen-bond donors (Lipinski definition) is 2. The minimum absolute atomic E-state index is 0.0780. The Labute approximate surface area is 121 Å². The van der Waals surface area contributed by atoms with Gasteiger partial charge in [0.25, 0.3) is 5.91 Å². The van der Waals surface area contributed by atoms with Gasteiger partial charge in [0.15, 0.2) is 0 Å². The predicted octanol–water partition coefficient (Wildman–Crippen LogP) is 3.36. The first-order valence-corrected chi connectivity index (χ1v) is 7.80. The first-order chi connectivity index (χ1) is 9.79. The minimum Gasteiger partial charge on any atom is -0.382 e. The molecule has 0 spiro atoms. The van der Waals surface area contributed by atoms with Gasteiger partial charge in [0, 0.05) is 24.5 Å². The summed E-state index contributed by atoms with van der Waals surface area (Å²) in [6.07, 6.45) is 10.2. The SMILES string of the molecule is CCCCNC(=O)c1cc(NC2CCCCC2)ccn1. The van der Waals surface area contributed by atoms with Crippen molar-refractivity contribution in [2.75, 3.05) is 11.9 Å². The van der Waals surface area contributed by atoms with Crippen LogP contribution in [0.15, 0.2) is 18.3 Å². The number of hydrogen-bond acceptors (Lipinski definition) is 3.